The summed E-state index contributed by atoms with van der Waals surface area (Å²) in [6, 6.07) is 9.37. The number of hydrogen-bond donors (Lipinski definition) is 2. The lowest BCUT2D eigenvalue weighted by Gasteiger charge is -2.37. The van der Waals surface area contributed by atoms with Crippen molar-refractivity contribution < 1.29 is 14.3 Å². The fourth-order valence-corrected chi connectivity index (χ4v) is 4.03. The number of nitrogens with zero attached hydrogens (tertiary/aromatic N) is 2. The zero-order valence-corrected chi connectivity index (χ0v) is 17.4. The minimum Gasteiger partial charge on any atom is -0.492 e. The smallest absolute Gasteiger partial charge is 0.321 e. The maximum Gasteiger partial charge on any atom is 0.321 e. The van der Waals surface area contributed by atoms with Crippen molar-refractivity contribution in [3.8, 4) is 5.75 Å². The van der Waals surface area contributed by atoms with Crippen molar-refractivity contribution in [3.05, 3.63) is 30.3 Å². The Kier molecular flexibility index (Phi) is 8.31. The van der Waals surface area contributed by atoms with Gasteiger partial charge in [0.15, 0.2) is 0 Å². The van der Waals surface area contributed by atoms with E-state index in [9.17, 15) is 9.59 Å². The number of nitrogens with one attached hydrogen (secondary N) is 2. The second-order valence-corrected chi connectivity index (χ2v) is 8.01. The van der Waals surface area contributed by atoms with Crippen molar-refractivity contribution in [1.29, 1.82) is 0 Å². The van der Waals surface area contributed by atoms with Crippen LogP contribution in [-0.4, -0.2) is 73.2 Å². The molecule has 3 amide bonds. The van der Waals surface area contributed by atoms with Crippen molar-refractivity contribution in [2.24, 2.45) is 0 Å². The normalized spacial score (nSPS) is 20.0. The first kappa shape index (κ1) is 21.6. The third kappa shape index (κ3) is 7.01. The standard InChI is InChI=1S/C22H34N4O3/c1-18(21(27)24-22(28)23-19-8-4-2-5-9-19)26-14-12-25(13-15-26)16-17-29-20-10-6-3-7-11-20/h3,6-7,10-11,18-19H,2,4-5,8-9,12-17H2,1H3,(H2,23,24,27,28)/t18-/m0/s1. The van der Waals surface area contributed by atoms with E-state index in [0.29, 0.717) is 6.61 Å². The van der Waals surface area contributed by atoms with Crippen LogP contribution in [0.15, 0.2) is 30.3 Å². The molecule has 0 spiro atoms. The summed E-state index contributed by atoms with van der Waals surface area (Å²) in [4.78, 5) is 29.1. The van der Waals surface area contributed by atoms with Gasteiger partial charge in [0.2, 0.25) is 5.91 Å². The summed E-state index contributed by atoms with van der Waals surface area (Å²) in [6.07, 6.45) is 5.55. The highest BCUT2D eigenvalue weighted by Gasteiger charge is 2.27. The van der Waals surface area contributed by atoms with Gasteiger partial charge in [-0.3, -0.25) is 19.9 Å². The van der Waals surface area contributed by atoms with Crippen LogP contribution >= 0.6 is 0 Å². The van der Waals surface area contributed by atoms with Crippen LogP contribution < -0.4 is 15.4 Å². The van der Waals surface area contributed by atoms with Gasteiger partial charge >= 0.3 is 6.03 Å². The molecule has 1 saturated heterocycles. The molecule has 2 aliphatic rings. The number of imide groups is 1. The molecule has 2 N–H and O–H groups in total. The van der Waals surface area contributed by atoms with Crippen LogP contribution in [0.1, 0.15) is 39.0 Å². The molecular weight excluding hydrogens is 368 g/mol. The van der Waals surface area contributed by atoms with Crippen LogP contribution in [0, 0.1) is 0 Å². The number of urea groups is 1. The number of ether oxygens (including phenoxy) is 1. The van der Waals surface area contributed by atoms with E-state index in [4.69, 9.17) is 4.74 Å². The number of carbonyl (C=O) groups is 2. The van der Waals surface area contributed by atoms with Crippen LogP contribution in [0.3, 0.4) is 0 Å². The van der Waals surface area contributed by atoms with Gasteiger partial charge in [-0.15, -0.1) is 0 Å². The Labute approximate surface area is 173 Å². The average molecular weight is 403 g/mol. The van der Waals surface area contributed by atoms with Gasteiger partial charge in [-0.1, -0.05) is 37.5 Å². The number of para-hydroxylation sites is 1. The Morgan fingerprint density at radius 3 is 2.45 bits per heavy atom. The lowest BCUT2D eigenvalue weighted by atomic mass is 9.96. The number of hydrogen-bond acceptors (Lipinski definition) is 5. The number of benzene rings is 1. The summed E-state index contributed by atoms with van der Waals surface area (Å²) in [7, 11) is 0. The molecule has 160 valence electrons. The summed E-state index contributed by atoms with van der Waals surface area (Å²) < 4.78 is 5.76. The zero-order valence-electron chi connectivity index (χ0n) is 17.4. The lowest BCUT2D eigenvalue weighted by molar-refractivity contribution is -0.125. The molecule has 1 aliphatic heterocycles. The summed E-state index contributed by atoms with van der Waals surface area (Å²) in [5.74, 6) is 0.669. The first-order chi connectivity index (χ1) is 14.1. The highest BCUT2D eigenvalue weighted by Crippen LogP contribution is 2.17. The van der Waals surface area contributed by atoms with Gasteiger partial charge in [-0.25, -0.2) is 4.79 Å². The van der Waals surface area contributed by atoms with Gasteiger partial charge in [0.1, 0.15) is 12.4 Å². The fourth-order valence-electron chi connectivity index (χ4n) is 4.03. The highest BCUT2D eigenvalue weighted by molar-refractivity contribution is 5.96. The largest absolute Gasteiger partial charge is 0.492 e. The minimum atomic E-state index is -0.356. The van der Waals surface area contributed by atoms with Gasteiger partial charge < -0.3 is 10.1 Å². The van der Waals surface area contributed by atoms with E-state index >= 15 is 0 Å². The zero-order chi connectivity index (χ0) is 20.5. The van der Waals surface area contributed by atoms with Crippen molar-refractivity contribution in [2.75, 3.05) is 39.3 Å². The summed E-state index contributed by atoms with van der Waals surface area (Å²) in [6.45, 7) is 6.80. The van der Waals surface area contributed by atoms with Gasteiger partial charge in [-0.05, 0) is 31.9 Å². The molecule has 1 aromatic carbocycles. The van der Waals surface area contributed by atoms with E-state index in [2.05, 4.69) is 20.4 Å². The molecule has 2 fully saturated rings. The van der Waals surface area contributed by atoms with E-state index in [1.807, 2.05) is 37.3 Å². The molecule has 0 bridgehead atoms. The van der Waals surface area contributed by atoms with Crippen LogP contribution in [-0.2, 0) is 4.79 Å². The lowest BCUT2D eigenvalue weighted by Crippen LogP contribution is -2.56. The molecule has 1 aliphatic carbocycles. The molecule has 3 rings (SSSR count). The molecule has 7 nitrogen and oxygen atoms in total. The summed E-state index contributed by atoms with van der Waals surface area (Å²) in [5.41, 5.74) is 0. The van der Waals surface area contributed by atoms with Crippen LogP contribution in [0.2, 0.25) is 0 Å². The van der Waals surface area contributed by atoms with Crippen molar-refractivity contribution in [2.45, 2.75) is 51.1 Å². The van der Waals surface area contributed by atoms with Crippen molar-refractivity contribution in [1.82, 2.24) is 20.4 Å². The number of rotatable bonds is 7. The van der Waals surface area contributed by atoms with Crippen LogP contribution in [0.25, 0.3) is 0 Å². The predicted molar refractivity (Wildman–Crippen MR) is 113 cm³/mol. The SMILES string of the molecule is C[C@@H](C(=O)NC(=O)NC1CCCCC1)N1CCN(CCOc2ccccc2)CC1. The third-order valence-electron chi connectivity index (χ3n) is 5.93. The molecule has 0 unspecified atom stereocenters. The Bertz CT molecular complexity index is 641. The molecule has 0 aromatic heterocycles. The minimum absolute atomic E-state index is 0.202. The second kappa shape index (κ2) is 11.2. The summed E-state index contributed by atoms with van der Waals surface area (Å²) in [5, 5.41) is 5.46. The van der Waals surface area contributed by atoms with E-state index in [-0.39, 0.29) is 24.0 Å². The highest BCUT2D eigenvalue weighted by atomic mass is 16.5. The molecule has 1 saturated carbocycles. The molecule has 0 radical (unpaired) electrons. The molecule has 1 aromatic rings. The number of amides is 3. The molecule has 1 atom stereocenters. The maximum atomic E-state index is 12.5. The second-order valence-electron chi connectivity index (χ2n) is 8.01. The van der Waals surface area contributed by atoms with Gasteiger partial charge in [-0.2, -0.15) is 0 Å². The van der Waals surface area contributed by atoms with Gasteiger partial charge in [0.25, 0.3) is 0 Å². The monoisotopic (exact) mass is 402 g/mol. The van der Waals surface area contributed by atoms with Gasteiger partial charge in [0.05, 0.1) is 6.04 Å². The molecule has 29 heavy (non-hydrogen) atoms. The van der Waals surface area contributed by atoms with E-state index in [1.165, 1.54) is 6.42 Å². The van der Waals surface area contributed by atoms with E-state index in [0.717, 1.165) is 64.2 Å². The average Bonchev–Trinajstić information content (AvgIpc) is 2.75. The summed E-state index contributed by atoms with van der Waals surface area (Å²) >= 11 is 0. The maximum absolute atomic E-state index is 12.5. The van der Waals surface area contributed by atoms with E-state index in [1.54, 1.807) is 0 Å². The van der Waals surface area contributed by atoms with Crippen LogP contribution in [0.4, 0.5) is 4.79 Å². The topological polar surface area (TPSA) is 73.9 Å². The number of piperazine rings is 1. The third-order valence-corrected chi connectivity index (χ3v) is 5.93. The Morgan fingerprint density at radius 2 is 1.76 bits per heavy atom. The number of carbonyl (C=O) groups excluding carboxylic acids is 2. The van der Waals surface area contributed by atoms with Crippen molar-refractivity contribution in [3.63, 3.8) is 0 Å². The fraction of sp³-hybridized carbons (Fsp3) is 0.636. The van der Waals surface area contributed by atoms with Gasteiger partial charge in [0, 0.05) is 38.8 Å². The first-order valence-electron chi connectivity index (χ1n) is 10.9. The van der Waals surface area contributed by atoms with Crippen LogP contribution in [0.5, 0.6) is 5.75 Å². The first-order valence-corrected chi connectivity index (χ1v) is 10.9. The molecule has 1 heterocycles. The Morgan fingerprint density at radius 1 is 1.07 bits per heavy atom. The van der Waals surface area contributed by atoms with E-state index < -0.39 is 0 Å². The predicted octanol–water partition coefficient (Wildman–Crippen LogP) is 2.23. The molecule has 7 heteroatoms. The Hall–Kier alpha value is -2.12. The Balaban J connectivity index is 1.32. The molecular formula is C22H34N4O3. The quantitative estimate of drug-likeness (QED) is 0.732. The van der Waals surface area contributed by atoms with Crippen molar-refractivity contribution >= 4 is 11.9 Å².